The van der Waals surface area contributed by atoms with Crippen molar-refractivity contribution in [2.75, 3.05) is 0 Å². The van der Waals surface area contributed by atoms with E-state index in [1.807, 2.05) is 36.4 Å². The van der Waals surface area contributed by atoms with Gasteiger partial charge >= 0.3 is 0 Å². The van der Waals surface area contributed by atoms with E-state index >= 15 is 0 Å². The summed E-state index contributed by atoms with van der Waals surface area (Å²) in [4.78, 5) is 26.2. The first-order chi connectivity index (χ1) is 11.6. The zero-order valence-corrected chi connectivity index (χ0v) is 14.3. The van der Waals surface area contributed by atoms with Gasteiger partial charge in [-0.2, -0.15) is 0 Å². The Hall–Kier alpha value is -2.28. The van der Waals surface area contributed by atoms with Gasteiger partial charge in [-0.25, -0.2) is 0 Å². The molecule has 0 spiro atoms. The van der Waals surface area contributed by atoms with Crippen molar-refractivity contribution >= 4 is 27.7 Å². The van der Waals surface area contributed by atoms with Crippen LogP contribution in [-0.4, -0.2) is 26.9 Å². The van der Waals surface area contributed by atoms with Crippen molar-refractivity contribution in [3.05, 3.63) is 46.8 Å². The summed E-state index contributed by atoms with van der Waals surface area (Å²) in [5.74, 6) is -0.156. The average molecular weight is 388 g/mol. The Morgan fingerprint density at radius 3 is 2.42 bits per heavy atom. The maximum absolute atomic E-state index is 12.5. The van der Waals surface area contributed by atoms with Crippen molar-refractivity contribution in [1.82, 2.24) is 15.1 Å². The van der Waals surface area contributed by atoms with Crippen LogP contribution in [0.15, 0.2) is 45.3 Å². The molecular formula is C17H14BrN3O3. The third-order valence-corrected chi connectivity index (χ3v) is 5.15. The molecule has 1 aromatic carbocycles. The van der Waals surface area contributed by atoms with Crippen LogP contribution in [0.4, 0.5) is 0 Å². The highest BCUT2D eigenvalue weighted by Gasteiger charge is 2.47. The Morgan fingerprint density at radius 2 is 1.75 bits per heavy atom. The Kier molecular flexibility index (Phi) is 3.80. The molecule has 2 amide bonds. The molecule has 1 saturated heterocycles. The second kappa shape index (κ2) is 5.98. The quantitative estimate of drug-likeness (QED) is 0.597. The van der Waals surface area contributed by atoms with Crippen LogP contribution in [0.5, 0.6) is 0 Å². The first-order valence-corrected chi connectivity index (χ1v) is 8.52. The van der Waals surface area contributed by atoms with Gasteiger partial charge in [-0.15, -0.1) is 10.2 Å². The molecule has 1 aliphatic heterocycles. The lowest BCUT2D eigenvalue weighted by molar-refractivity contribution is -0.140. The fourth-order valence-electron chi connectivity index (χ4n) is 3.22. The summed E-state index contributed by atoms with van der Waals surface area (Å²) in [7, 11) is 0. The van der Waals surface area contributed by atoms with Crippen molar-refractivity contribution < 1.29 is 14.0 Å². The van der Waals surface area contributed by atoms with E-state index in [2.05, 4.69) is 26.1 Å². The molecule has 4 rings (SSSR count). The number of halogens is 1. The number of benzene rings is 1. The van der Waals surface area contributed by atoms with Crippen LogP contribution in [0.1, 0.15) is 18.7 Å². The number of aromatic nitrogens is 2. The Morgan fingerprint density at radius 1 is 1.08 bits per heavy atom. The van der Waals surface area contributed by atoms with Crippen LogP contribution in [0, 0.1) is 11.8 Å². The second-order valence-corrected chi connectivity index (χ2v) is 6.75. The number of allylic oxidation sites excluding steroid dienone is 2. The summed E-state index contributed by atoms with van der Waals surface area (Å²) >= 11 is 3.44. The molecule has 24 heavy (non-hydrogen) atoms. The topological polar surface area (TPSA) is 76.3 Å². The van der Waals surface area contributed by atoms with Gasteiger partial charge in [-0.05, 0) is 40.9 Å². The molecule has 1 aromatic heterocycles. The van der Waals surface area contributed by atoms with E-state index in [-0.39, 0.29) is 36.1 Å². The van der Waals surface area contributed by atoms with E-state index < -0.39 is 0 Å². The van der Waals surface area contributed by atoms with Gasteiger partial charge in [0.2, 0.25) is 23.6 Å². The fourth-order valence-corrected chi connectivity index (χ4v) is 3.68. The van der Waals surface area contributed by atoms with Crippen LogP contribution >= 0.6 is 15.9 Å². The Labute approximate surface area is 146 Å². The van der Waals surface area contributed by atoms with E-state index in [0.717, 1.165) is 10.0 Å². The minimum Gasteiger partial charge on any atom is -0.419 e. The van der Waals surface area contributed by atoms with E-state index in [4.69, 9.17) is 4.42 Å². The Balaban J connectivity index is 1.56. The highest BCUT2D eigenvalue weighted by molar-refractivity contribution is 9.10. The van der Waals surface area contributed by atoms with Crippen molar-refractivity contribution in [1.29, 1.82) is 0 Å². The largest absolute Gasteiger partial charge is 0.419 e. The maximum Gasteiger partial charge on any atom is 0.248 e. The zero-order valence-electron chi connectivity index (χ0n) is 12.7. The zero-order chi connectivity index (χ0) is 16.7. The predicted octanol–water partition coefficient (Wildman–Crippen LogP) is 2.95. The second-order valence-electron chi connectivity index (χ2n) is 5.90. The van der Waals surface area contributed by atoms with Crippen LogP contribution in [-0.2, 0) is 16.1 Å². The normalized spacial score (nSPS) is 23.0. The average Bonchev–Trinajstić information content (AvgIpc) is 3.15. The number of fused-ring (bicyclic) bond motifs is 1. The SMILES string of the molecule is O=C1[C@@H]2CC=CC[C@H]2C(=O)N1Cc1nnc(-c2ccccc2Br)o1. The predicted molar refractivity (Wildman–Crippen MR) is 88.3 cm³/mol. The summed E-state index contributed by atoms with van der Waals surface area (Å²) in [6, 6.07) is 7.50. The van der Waals surface area contributed by atoms with Gasteiger partial charge in [0.05, 0.1) is 17.4 Å². The molecule has 0 saturated carbocycles. The molecule has 2 aromatic rings. The molecule has 2 atom stereocenters. The van der Waals surface area contributed by atoms with Gasteiger partial charge in [0, 0.05) is 4.47 Å². The Bertz CT molecular complexity index is 819. The fraction of sp³-hybridized carbons (Fsp3) is 0.294. The molecule has 0 bridgehead atoms. The third kappa shape index (κ3) is 2.49. The smallest absolute Gasteiger partial charge is 0.248 e. The number of imide groups is 1. The van der Waals surface area contributed by atoms with Gasteiger partial charge in [0.25, 0.3) is 0 Å². The summed E-state index contributed by atoms with van der Waals surface area (Å²) in [5.41, 5.74) is 0.771. The lowest BCUT2D eigenvalue weighted by Gasteiger charge is -2.14. The number of rotatable bonds is 3. The third-order valence-electron chi connectivity index (χ3n) is 4.46. The van der Waals surface area contributed by atoms with Gasteiger partial charge in [-0.3, -0.25) is 14.5 Å². The van der Waals surface area contributed by atoms with Gasteiger partial charge in [0.1, 0.15) is 6.54 Å². The highest BCUT2D eigenvalue weighted by atomic mass is 79.9. The number of likely N-dealkylation sites (tertiary alicyclic amines) is 1. The first-order valence-electron chi connectivity index (χ1n) is 7.72. The van der Waals surface area contributed by atoms with Gasteiger partial charge < -0.3 is 4.42 Å². The minimum absolute atomic E-state index is 0.0299. The molecule has 2 aliphatic rings. The van der Waals surface area contributed by atoms with Crippen molar-refractivity contribution in [2.45, 2.75) is 19.4 Å². The van der Waals surface area contributed by atoms with Crippen LogP contribution in [0.25, 0.3) is 11.5 Å². The molecule has 0 unspecified atom stereocenters. The molecule has 0 radical (unpaired) electrons. The van der Waals surface area contributed by atoms with E-state index in [1.54, 1.807) is 0 Å². The standard InChI is InChI=1S/C17H14BrN3O3/c18-13-8-4-3-7-12(13)15-20-19-14(24-15)9-21-16(22)10-5-1-2-6-11(10)17(21)23/h1-4,7-8,10-11H,5-6,9H2/t10-,11-/m1/s1. The molecule has 0 N–H and O–H groups in total. The van der Waals surface area contributed by atoms with Crippen LogP contribution in [0.2, 0.25) is 0 Å². The molecule has 7 heteroatoms. The highest BCUT2D eigenvalue weighted by Crippen LogP contribution is 2.36. The molecule has 6 nitrogen and oxygen atoms in total. The summed E-state index contributed by atoms with van der Waals surface area (Å²) in [6.45, 7) is 0.0299. The van der Waals surface area contributed by atoms with Crippen molar-refractivity contribution in [3.8, 4) is 11.5 Å². The van der Waals surface area contributed by atoms with E-state index in [1.165, 1.54) is 4.90 Å². The van der Waals surface area contributed by atoms with E-state index in [9.17, 15) is 9.59 Å². The summed E-state index contributed by atoms with van der Waals surface area (Å²) in [6.07, 6.45) is 5.18. The summed E-state index contributed by atoms with van der Waals surface area (Å²) < 4.78 is 6.49. The minimum atomic E-state index is -0.242. The van der Waals surface area contributed by atoms with Gasteiger partial charge in [0.15, 0.2) is 0 Å². The van der Waals surface area contributed by atoms with Crippen LogP contribution < -0.4 is 0 Å². The monoisotopic (exact) mass is 387 g/mol. The molecular weight excluding hydrogens is 374 g/mol. The molecule has 122 valence electrons. The van der Waals surface area contributed by atoms with Crippen molar-refractivity contribution in [3.63, 3.8) is 0 Å². The number of carbonyl (C=O) groups is 2. The number of hydrogen-bond acceptors (Lipinski definition) is 5. The number of carbonyl (C=O) groups excluding carboxylic acids is 2. The lowest BCUT2D eigenvalue weighted by atomic mass is 9.85. The van der Waals surface area contributed by atoms with Crippen molar-refractivity contribution in [2.24, 2.45) is 11.8 Å². The number of amides is 2. The molecule has 2 heterocycles. The summed E-state index contributed by atoms with van der Waals surface area (Å²) in [5, 5.41) is 8.01. The van der Waals surface area contributed by atoms with Crippen LogP contribution in [0.3, 0.4) is 0 Å². The first kappa shape index (κ1) is 15.3. The molecule has 1 fully saturated rings. The number of hydrogen-bond donors (Lipinski definition) is 0. The number of nitrogens with zero attached hydrogens (tertiary/aromatic N) is 3. The van der Waals surface area contributed by atoms with E-state index in [0.29, 0.717) is 18.7 Å². The lowest BCUT2D eigenvalue weighted by Crippen LogP contribution is -2.30. The van der Waals surface area contributed by atoms with Gasteiger partial charge in [-0.1, -0.05) is 24.3 Å². The molecule has 1 aliphatic carbocycles. The maximum atomic E-state index is 12.5.